The zero-order valence-electron chi connectivity index (χ0n) is 8.10. The molecule has 0 spiro atoms. The van der Waals surface area contributed by atoms with Gasteiger partial charge in [0.2, 0.25) is 0 Å². The van der Waals surface area contributed by atoms with Crippen LogP contribution in [-0.4, -0.2) is 12.8 Å². The molecule has 0 radical (unpaired) electrons. The van der Waals surface area contributed by atoms with Gasteiger partial charge in [0.1, 0.15) is 6.29 Å². The molecule has 12 heavy (non-hydrogen) atoms. The number of nitrogens with one attached hydrogen (secondary N) is 1. The average molecular weight is 169 g/mol. The van der Waals surface area contributed by atoms with E-state index in [1.54, 1.807) is 13.1 Å². The zero-order chi connectivity index (χ0) is 9.23. The molecular weight excluding hydrogens is 150 g/mol. The molecule has 1 N–H and O–H groups in total. The molecule has 0 aliphatic heterocycles. The molecule has 0 amide bonds. The third-order valence-corrected chi connectivity index (χ3v) is 1.69. The van der Waals surface area contributed by atoms with E-state index in [1.165, 1.54) is 25.7 Å². The van der Waals surface area contributed by atoms with Gasteiger partial charge in [-0.3, -0.25) is 4.79 Å². The summed E-state index contributed by atoms with van der Waals surface area (Å²) in [5.41, 5.74) is 0.755. The SMILES string of the molecule is CCCCCCNC=C(C)C=O. The number of unbranched alkanes of at least 4 members (excludes halogenated alkanes) is 3. The molecule has 70 valence electrons. The van der Waals surface area contributed by atoms with Crippen LogP contribution >= 0.6 is 0 Å². The lowest BCUT2D eigenvalue weighted by Crippen LogP contribution is -2.07. The monoisotopic (exact) mass is 169 g/mol. The van der Waals surface area contributed by atoms with Crippen LogP contribution in [0.25, 0.3) is 0 Å². The minimum Gasteiger partial charge on any atom is -0.391 e. The summed E-state index contributed by atoms with van der Waals surface area (Å²) in [6, 6.07) is 0. The van der Waals surface area contributed by atoms with E-state index < -0.39 is 0 Å². The Morgan fingerprint density at radius 1 is 1.33 bits per heavy atom. The van der Waals surface area contributed by atoms with Gasteiger partial charge in [-0.25, -0.2) is 0 Å². The van der Waals surface area contributed by atoms with Gasteiger partial charge >= 0.3 is 0 Å². The van der Waals surface area contributed by atoms with Crippen LogP contribution in [0.4, 0.5) is 0 Å². The van der Waals surface area contributed by atoms with Gasteiger partial charge < -0.3 is 5.32 Å². The molecule has 0 heterocycles. The van der Waals surface area contributed by atoms with Gasteiger partial charge in [-0.1, -0.05) is 26.2 Å². The summed E-state index contributed by atoms with van der Waals surface area (Å²) in [6.07, 6.45) is 7.67. The van der Waals surface area contributed by atoms with Gasteiger partial charge in [-0.2, -0.15) is 0 Å². The smallest absolute Gasteiger partial charge is 0.147 e. The van der Waals surface area contributed by atoms with E-state index in [1.807, 2.05) is 0 Å². The van der Waals surface area contributed by atoms with Crippen LogP contribution in [0, 0.1) is 0 Å². The Hall–Kier alpha value is -0.790. The molecule has 0 unspecified atom stereocenters. The van der Waals surface area contributed by atoms with Gasteiger partial charge in [-0.15, -0.1) is 0 Å². The predicted molar refractivity (Wildman–Crippen MR) is 52.0 cm³/mol. The molecule has 0 aliphatic rings. The first-order valence-corrected chi connectivity index (χ1v) is 4.66. The summed E-state index contributed by atoms with van der Waals surface area (Å²) >= 11 is 0. The number of hydrogen-bond donors (Lipinski definition) is 1. The third kappa shape index (κ3) is 7.32. The van der Waals surface area contributed by atoms with Gasteiger partial charge in [0.25, 0.3) is 0 Å². The summed E-state index contributed by atoms with van der Waals surface area (Å²) in [4.78, 5) is 10.2. The average Bonchev–Trinajstić information content (AvgIpc) is 2.10. The summed E-state index contributed by atoms with van der Waals surface area (Å²) in [5.74, 6) is 0. The fraction of sp³-hybridized carbons (Fsp3) is 0.700. The summed E-state index contributed by atoms with van der Waals surface area (Å²) in [7, 11) is 0. The highest BCUT2D eigenvalue weighted by molar-refractivity contribution is 5.71. The van der Waals surface area contributed by atoms with Crippen LogP contribution in [0.2, 0.25) is 0 Å². The van der Waals surface area contributed by atoms with Gasteiger partial charge in [-0.05, 0) is 13.3 Å². The quantitative estimate of drug-likeness (QED) is 0.360. The van der Waals surface area contributed by atoms with Crippen molar-refractivity contribution in [3.8, 4) is 0 Å². The van der Waals surface area contributed by atoms with E-state index in [4.69, 9.17) is 0 Å². The minimum atomic E-state index is 0.755. The Morgan fingerprint density at radius 2 is 2.08 bits per heavy atom. The molecule has 0 aliphatic carbocycles. The number of rotatable bonds is 7. The van der Waals surface area contributed by atoms with Crippen LogP contribution < -0.4 is 5.32 Å². The lowest BCUT2D eigenvalue weighted by molar-refractivity contribution is -0.104. The molecule has 0 aromatic rings. The second-order valence-electron chi connectivity index (χ2n) is 3.02. The fourth-order valence-electron chi connectivity index (χ4n) is 0.921. The molecule has 0 fully saturated rings. The van der Waals surface area contributed by atoms with Crippen molar-refractivity contribution < 1.29 is 4.79 Å². The second kappa shape index (κ2) is 8.31. The topological polar surface area (TPSA) is 29.1 Å². The van der Waals surface area contributed by atoms with E-state index in [-0.39, 0.29) is 0 Å². The van der Waals surface area contributed by atoms with Crippen LogP contribution in [0.3, 0.4) is 0 Å². The van der Waals surface area contributed by atoms with Crippen molar-refractivity contribution in [1.29, 1.82) is 0 Å². The molecule has 0 aromatic carbocycles. The number of carbonyl (C=O) groups is 1. The summed E-state index contributed by atoms with van der Waals surface area (Å²) in [6.45, 7) is 4.97. The largest absolute Gasteiger partial charge is 0.391 e. The molecule has 0 rings (SSSR count). The maximum absolute atomic E-state index is 10.2. The third-order valence-electron chi connectivity index (χ3n) is 1.69. The first-order chi connectivity index (χ1) is 5.81. The fourth-order valence-corrected chi connectivity index (χ4v) is 0.921. The van der Waals surface area contributed by atoms with Crippen LogP contribution in [-0.2, 0) is 4.79 Å². The van der Waals surface area contributed by atoms with E-state index >= 15 is 0 Å². The van der Waals surface area contributed by atoms with Gasteiger partial charge in [0, 0.05) is 18.3 Å². The molecule has 0 aromatic heterocycles. The molecule has 2 nitrogen and oxygen atoms in total. The van der Waals surface area contributed by atoms with Crippen LogP contribution in [0.1, 0.15) is 39.5 Å². The normalized spacial score (nSPS) is 11.3. The molecule has 0 bridgehead atoms. The maximum atomic E-state index is 10.2. The first kappa shape index (κ1) is 11.2. The van der Waals surface area contributed by atoms with E-state index in [0.717, 1.165) is 18.4 Å². The van der Waals surface area contributed by atoms with Gasteiger partial charge in [0.05, 0.1) is 0 Å². The van der Waals surface area contributed by atoms with Crippen molar-refractivity contribution in [2.75, 3.05) is 6.54 Å². The molecule has 0 atom stereocenters. The standard InChI is InChI=1S/C10H19NO/c1-3-4-5-6-7-11-8-10(2)9-12/h8-9,11H,3-7H2,1-2H3. The van der Waals surface area contributed by atoms with Crippen molar-refractivity contribution >= 4 is 6.29 Å². The molecule has 0 saturated heterocycles. The van der Waals surface area contributed by atoms with Crippen LogP contribution in [0.5, 0.6) is 0 Å². The number of allylic oxidation sites excluding steroid dienone is 1. The zero-order valence-corrected chi connectivity index (χ0v) is 8.10. The minimum absolute atomic E-state index is 0.755. The van der Waals surface area contributed by atoms with E-state index in [2.05, 4.69) is 12.2 Å². The van der Waals surface area contributed by atoms with Crippen molar-refractivity contribution in [2.45, 2.75) is 39.5 Å². The van der Waals surface area contributed by atoms with Crippen molar-refractivity contribution in [3.63, 3.8) is 0 Å². The second-order valence-corrected chi connectivity index (χ2v) is 3.02. The number of aldehydes is 1. The highest BCUT2D eigenvalue weighted by Gasteiger charge is 1.86. The lowest BCUT2D eigenvalue weighted by Gasteiger charge is -1.99. The molecule has 2 heteroatoms. The highest BCUT2D eigenvalue weighted by atomic mass is 16.1. The Morgan fingerprint density at radius 3 is 2.67 bits per heavy atom. The lowest BCUT2D eigenvalue weighted by atomic mass is 10.2. The predicted octanol–water partition coefficient (Wildman–Crippen LogP) is 2.26. The highest BCUT2D eigenvalue weighted by Crippen LogP contribution is 1.96. The first-order valence-electron chi connectivity index (χ1n) is 4.66. The Balaban J connectivity index is 3.15. The number of hydrogen-bond acceptors (Lipinski definition) is 2. The Kier molecular flexibility index (Phi) is 7.76. The van der Waals surface area contributed by atoms with E-state index in [9.17, 15) is 4.79 Å². The summed E-state index contributed by atoms with van der Waals surface area (Å²) < 4.78 is 0. The van der Waals surface area contributed by atoms with E-state index in [0.29, 0.717) is 0 Å². The van der Waals surface area contributed by atoms with Crippen LogP contribution in [0.15, 0.2) is 11.8 Å². The van der Waals surface area contributed by atoms with Crippen molar-refractivity contribution in [3.05, 3.63) is 11.8 Å². The summed E-state index contributed by atoms with van der Waals surface area (Å²) in [5, 5.41) is 3.10. The maximum Gasteiger partial charge on any atom is 0.147 e. The Bertz CT molecular complexity index is 141. The van der Waals surface area contributed by atoms with Crippen molar-refractivity contribution in [1.82, 2.24) is 5.32 Å². The number of carbonyl (C=O) groups excluding carboxylic acids is 1. The molecule has 0 saturated carbocycles. The van der Waals surface area contributed by atoms with Gasteiger partial charge in [0.15, 0.2) is 0 Å². The van der Waals surface area contributed by atoms with Crippen molar-refractivity contribution in [2.24, 2.45) is 0 Å². The molecular formula is C10H19NO. The Labute approximate surface area is 75.0 Å².